The van der Waals surface area contributed by atoms with Gasteiger partial charge in [-0.3, -0.25) is 15.4 Å². The number of aryl methyl sites for hydroxylation is 1. The number of nitrogens with zero attached hydrogens (tertiary/aromatic N) is 1. The van der Waals surface area contributed by atoms with Gasteiger partial charge in [0.25, 0.3) is 5.69 Å². The number of halogens is 1. The first-order chi connectivity index (χ1) is 10.5. The lowest BCUT2D eigenvalue weighted by Gasteiger charge is -2.10. The zero-order chi connectivity index (χ0) is 16.1. The largest absolute Gasteiger partial charge is 0.444 e. The molecule has 0 heterocycles. The van der Waals surface area contributed by atoms with Gasteiger partial charge in [0.1, 0.15) is 11.6 Å². The van der Waals surface area contributed by atoms with E-state index in [-0.39, 0.29) is 17.3 Å². The summed E-state index contributed by atoms with van der Waals surface area (Å²) < 4.78 is 5.08. The van der Waals surface area contributed by atoms with Gasteiger partial charge in [0.15, 0.2) is 0 Å². The smallest absolute Gasteiger partial charge is 0.411 e. The van der Waals surface area contributed by atoms with Crippen molar-refractivity contribution in [2.75, 3.05) is 5.32 Å². The predicted molar refractivity (Wildman–Crippen MR) is 83.1 cm³/mol. The highest BCUT2D eigenvalue weighted by Gasteiger charge is 2.16. The van der Waals surface area contributed by atoms with Crippen LogP contribution in [-0.4, -0.2) is 11.0 Å². The van der Waals surface area contributed by atoms with Crippen LogP contribution in [0.25, 0.3) is 0 Å². The van der Waals surface area contributed by atoms with Crippen molar-refractivity contribution < 1.29 is 14.5 Å². The summed E-state index contributed by atoms with van der Waals surface area (Å²) in [6, 6.07) is 11.9. The van der Waals surface area contributed by atoms with E-state index in [0.29, 0.717) is 11.3 Å². The molecule has 1 amide bonds. The minimum absolute atomic E-state index is 0.0473. The van der Waals surface area contributed by atoms with Crippen LogP contribution < -0.4 is 5.32 Å². The third-order valence-corrected chi connectivity index (χ3v) is 3.24. The number of anilines is 1. The average Bonchev–Trinajstić information content (AvgIpc) is 2.49. The molecule has 114 valence electrons. The maximum absolute atomic E-state index is 11.8. The van der Waals surface area contributed by atoms with Crippen molar-refractivity contribution >= 4 is 29.1 Å². The SMILES string of the molecule is Cc1cc([N+](=O)[O-])c(Cl)cc1NC(=O)OCc1ccccc1. The fraction of sp³-hybridized carbons (Fsp3) is 0.133. The Labute approximate surface area is 131 Å². The van der Waals surface area contributed by atoms with Crippen LogP contribution in [0.4, 0.5) is 16.2 Å². The number of hydrogen-bond acceptors (Lipinski definition) is 4. The molecule has 0 aliphatic carbocycles. The van der Waals surface area contributed by atoms with E-state index in [9.17, 15) is 14.9 Å². The molecule has 2 aromatic rings. The summed E-state index contributed by atoms with van der Waals surface area (Å²) >= 11 is 5.82. The summed E-state index contributed by atoms with van der Waals surface area (Å²) in [6.45, 7) is 1.77. The van der Waals surface area contributed by atoms with E-state index in [1.54, 1.807) is 6.92 Å². The van der Waals surface area contributed by atoms with Gasteiger partial charge >= 0.3 is 6.09 Å². The number of nitro groups is 1. The number of amides is 1. The molecule has 0 spiro atoms. The monoisotopic (exact) mass is 320 g/mol. The molecule has 22 heavy (non-hydrogen) atoms. The number of hydrogen-bond donors (Lipinski definition) is 1. The quantitative estimate of drug-likeness (QED) is 0.672. The lowest BCUT2D eigenvalue weighted by atomic mass is 10.2. The van der Waals surface area contributed by atoms with Crippen LogP contribution in [0, 0.1) is 17.0 Å². The third-order valence-electron chi connectivity index (χ3n) is 2.94. The van der Waals surface area contributed by atoms with Gasteiger partial charge < -0.3 is 4.74 Å². The zero-order valence-corrected chi connectivity index (χ0v) is 12.5. The highest BCUT2D eigenvalue weighted by Crippen LogP contribution is 2.30. The fourth-order valence-corrected chi connectivity index (χ4v) is 2.04. The number of benzene rings is 2. The maximum Gasteiger partial charge on any atom is 0.411 e. The number of carbonyl (C=O) groups is 1. The Kier molecular flexibility index (Phi) is 4.95. The first-order valence-electron chi connectivity index (χ1n) is 6.39. The van der Waals surface area contributed by atoms with Crippen LogP contribution in [0.1, 0.15) is 11.1 Å². The first kappa shape index (κ1) is 15.8. The first-order valence-corrected chi connectivity index (χ1v) is 6.77. The number of nitro benzene ring substituents is 1. The summed E-state index contributed by atoms with van der Waals surface area (Å²) in [5.74, 6) is 0. The minimum atomic E-state index is -0.656. The molecule has 0 fully saturated rings. The highest BCUT2D eigenvalue weighted by molar-refractivity contribution is 6.33. The molecule has 2 rings (SSSR count). The molecular formula is C15H13ClN2O4. The van der Waals surface area contributed by atoms with Crippen molar-refractivity contribution in [2.45, 2.75) is 13.5 Å². The molecule has 0 radical (unpaired) electrons. The fourth-order valence-electron chi connectivity index (χ4n) is 1.81. The van der Waals surface area contributed by atoms with E-state index < -0.39 is 11.0 Å². The Balaban J connectivity index is 2.02. The van der Waals surface area contributed by atoms with E-state index >= 15 is 0 Å². The van der Waals surface area contributed by atoms with Gasteiger partial charge in [0.2, 0.25) is 0 Å². The van der Waals surface area contributed by atoms with Crippen molar-refractivity contribution in [3.63, 3.8) is 0 Å². The second-order valence-electron chi connectivity index (χ2n) is 4.56. The second kappa shape index (κ2) is 6.91. The molecule has 0 aromatic heterocycles. The molecular weight excluding hydrogens is 308 g/mol. The highest BCUT2D eigenvalue weighted by atomic mass is 35.5. The zero-order valence-electron chi connectivity index (χ0n) is 11.7. The molecule has 0 aliphatic rings. The van der Waals surface area contributed by atoms with E-state index in [0.717, 1.165) is 5.56 Å². The van der Waals surface area contributed by atoms with Crippen LogP contribution in [0.3, 0.4) is 0 Å². The van der Waals surface area contributed by atoms with E-state index in [1.807, 2.05) is 30.3 Å². The molecule has 0 saturated carbocycles. The second-order valence-corrected chi connectivity index (χ2v) is 4.97. The Morgan fingerprint density at radius 3 is 2.64 bits per heavy atom. The lowest BCUT2D eigenvalue weighted by molar-refractivity contribution is -0.384. The summed E-state index contributed by atoms with van der Waals surface area (Å²) in [7, 11) is 0. The van der Waals surface area contributed by atoms with Gasteiger partial charge in [0, 0.05) is 11.8 Å². The van der Waals surface area contributed by atoms with Gasteiger partial charge in [-0.05, 0) is 24.1 Å². The number of nitrogens with one attached hydrogen (secondary N) is 1. The van der Waals surface area contributed by atoms with E-state index in [4.69, 9.17) is 16.3 Å². The van der Waals surface area contributed by atoms with Crippen molar-refractivity contribution in [1.29, 1.82) is 0 Å². The van der Waals surface area contributed by atoms with Gasteiger partial charge in [-0.15, -0.1) is 0 Å². The Morgan fingerprint density at radius 2 is 2.00 bits per heavy atom. The molecule has 2 aromatic carbocycles. The molecule has 1 N–H and O–H groups in total. The van der Waals surface area contributed by atoms with Crippen LogP contribution in [-0.2, 0) is 11.3 Å². The summed E-state index contributed by atoms with van der Waals surface area (Å²) in [5.41, 5.74) is 1.54. The summed E-state index contributed by atoms with van der Waals surface area (Å²) in [5, 5.41) is 13.2. The van der Waals surface area contributed by atoms with Gasteiger partial charge in [-0.2, -0.15) is 0 Å². The van der Waals surface area contributed by atoms with E-state index in [2.05, 4.69) is 5.32 Å². The van der Waals surface area contributed by atoms with Crippen LogP contribution in [0.5, 0.6) is 0 Å². The Bertz CT molecular complexity index is 704. The van der Waals surface area contributed by atoms with E-state index in [1.165, 1.54) is 12.1 Å². The van der Waals surface area contributed by atoms with Crippen LogP contribution >= 0.6 is 11.6 Å². The molecule has 0 unspecified atom stereocenters. The molecule has 6 nitrogen and oxygen atoms in total. The minimum Gasteiger partial charge on any atom is -0.444 e. The van der Waals surface area contributed by atoms with Crippen molar-refractivity contribution in [2.24, 2.45) is 0 Å². The average molecular weight is 321 g/mol. The van der Waals surface area contributed by atoms with Gasteiger partial charge in [0.05, 0.1) is 4.92 Å². The van der Waals surface area contributed by atoms with Crippen molar-refractivity contribution in [3.8, 4) is 0 Å². The third kappa shape index (κ3) is 3.95. The summed E-state index contributed by atoms with van der Waals surface area (Å²) in [6.07, 6.45) is -0.656. The van der Waals surface area contributed by atoms with Crippen LogP contribution in [0.2, 0.25) is 5.02 Å². The Hall–Kier alpha value is -2.60. The van der Waals surface area contributed by atoms with Gasteiger partial charge in [-0.25, -0.2) is 4.79 Å². The van der Waals surface area contributed by atoms with Crippen molar-refractivity contribution in [1.82, 2.24) is 0 Å². The number of carbonyl (C=O) groups excluding carboxylic acids is 1. The summed E-state index contributed by atoms with van der Waals surface area (Å²) in [4.78, 5) is 22.0. The van der Waals surface area contributed by atoms with Crippen molar-refractivity contribution in [3.05, 3.63) is 68.7 Å². The molecule has 7 heteroatoms. The predicted octanol–water partition coefficient (Wildman–Crippen LogP) is 4.31. The molecule has 0 atom stereocenters. The van der Waals surface area contributed by atoms with Gasteiger partial charge in [-0.1, -0.05) is 41.9 Å². The molecule has 0 bridgehead atoms. The normalized spacial score (nSPS) is 10.1. The molecule has 0 aliphatic heterocycles. The Morgan fingerprint density at radius 1 is 1.32 bits per heavy atom. The lowest BCUT2D eigenvalue weighted by Crippen LogP contribution is -2.14. The topological polar surface area (TPSA) is 81.5 Å². The number of ether oxygens (including phenoxy) is 1. The molecule has 0 saturated heterocycles. The number of rotatable bonds is 4. The standard InChI is InChI=1S/C15H13ClN2O4/c1-10-7-14(18(20)21)12(16)8-13(10)17-15(19)22-9-11-5-3-2-4-6-11/h2-8H,9H2,1H3,(H,17,19). The maximum atomic E-state index is 11.8. The van der Waals surface area contributed by atoms with Crippen LogP contribution in [0.15, 0.2) is 42.5 Å².